The van der Waals surface area contributed by atoms with E-state index in [1.807, 2.05) is 42.1 Å². The molecule has 0 fully saturated rings. The number of halogens is 1. The van der Waals surface area contributed by atoms with E-state index in [1.54, 1.807) is 25.1 Å². The van der Waals surface area contributed by atoms with Crippen LogP contribution < -0.4 is 11.1 Å². The zero-order valence-electron chi connectivity index (χ0n) is 13.1. The summed E-state index contributed by atoms with van der Waals surface area (Å²) in [5.74, 6) is -0.109. The molecule has 0 spiro atoms. The van der Waals surface area contributed by atoms with Gasteiger partial charge in [0.15, 0.2) is 5.16 Å². The monoisotopic (exact) mass is 356 g/mol. The van der Waals surface area contributed by atoms with Gasteiger partial charge in [-0.1, -0.05) is 11.8 Å². The molecule has 1 amide bonds. The van der Waals surface area contributed by atoms with Gasteiger partial charge < -0.3 is 20.4 Å². The summed E-state index contributed by atoms with van der Waals surface area (Å²) in [6.45, 7) is 0.323. The average molecular weight is 357 g/mol. The molecule has 126 valence electrons. The first-order chi connectivity index (χ1) is 10.6. The highest BCUT2D eigenvalue weighted by atomic mass is 35.5. The number of imidazole rings is 1. The Balaban J connectivity index is 0.00000264. The van der Waals surface area contributed by atoms with Crippen LogP contribution >= 0.6 is 24.2 Å². The van der Waals surface area contributed by atoms with Gasteiger partial charge in [-0.15, -0.1) is 12.4 Å². The molecule has 0 aliphatic rings. The van der Waals surface area contributed by atoms with Crippen LogP contribution in [0.25, 0.3) is 0 Å². The van der Waals surface area contributed by atoms with Crippen LogP contribution in [-0.2, 0) is 16.6 Å². The Morgan fingerprint density at radius 3 is 2.65 bits per heavy atom. The summed E-state index contributed by atoms with van der Waals surface area (Å²) < 4.78 is 7.05. The number of methoxy groups -OCH3 is 1. The molecule has 1 aromatic carbocycles. The zero-order chi connectivity index (χ0) is 15.9. The maximum absolute atomic E-state index is 11.9. The number of amides is 1. The van der Waals surface area contributed by atoms with Crippen molar-refractivity contribution in [2.24, 2.45) is 12.8 Å². The number of hydrogen-bond donors (Lipinski definition) is 2. The topological polar surface area (TPSA) is 82.2 Å². The molecular formula is C15H21ClN4O2S. The Bertz CT molecular complexity index is 614. The minimum Gasteiger partial charge on any atom is -0.380 e. The second-order valence-corrected chi connectivity index (χ2v) is 5.83. The molecule has 2 aromatic rings. The zero-order valence-corrected chi connectivity index (χ0v) is 14.7. The molecule has 0 bridgehead atoms. The smallest absolute Gasteiger partial charge is 0.227 e. The van der Waals surface area contributed by atoms with E-state index in [0.29, 0.717) is 6.54 Å². The lowest BCUT2D eigenvalue weighted by atomic mass is 10.2. The minimum atomic E-state index is -0.252. The lowest BCUT2D eigenvalue weighted by Crippen LogP contribution is -2.28. The van der Waals surface area contributed by atoms with Crippen LogP contribution in [-0.4, -0.2) is 35.2 Å². The third-order valence-electron chi connectivity index (χ3n) is 3.13. The summed E-state index contributed by atoms with van der Waals surface area (Å²) in [5, 5.41) is 3.75. The van der Waals surface area contributed by atoms with Crippen molar-refractivity contribution in [2.75, 3.05) is 19.0 Å². The number of aromatic nitrogens is 2. The molecule has 3 N–H and O–H groups in total. The number of ether oxygens (including phenoxy) is 1. The van der Waals surface area contributed by atoms with Gasteiger partial charge in [-0.25, -0.2) is 4.98 Å². The van der Waals surface area contributed by atoms with Crippen LogP contribution in [0.2, 0.25) is 0 Å². The maximum atomic E-state index is 11.9. The van der Waals surface area contributed by atoms with Crippen molar-refractivity contribution in [2.45, 2.75) is 22.6 Å². The van der Waals surface area contributed by atoms with Crippen LogP contribution in [0.1, 0.15) is 6.42 Å². The van der Waals surface area contributed by atoms with E-state index >= 15 is 0 Å². The van der Waals surface area contributed by atoms with Crippen molar-refractivity contribution < 1.29 is 9.53 Å². The molecule has 0 aliphatic heterocycles. The van der Waals surface area contributed by atoms with Gasteiger partial charge in [0.05, 0.1) is 12.5 Å². The fourth-order valence-electron chi connectivity index (χ4n) is 1.84. The second kappa shape index (κ2) is 9.57. The van der Waals surface area contributed by atoms with Crippen molar-refractivity contribution in [1.82, 2.24) is 9.55 Å². The third kappa shape index (κ3) is 5.87. The van der Waals surface area contributed by atoms with Gasteiger partial charge in [0.2, 0.25) is 5.91 Å². The van der Waals surface area contributed by atoms with Gasteiger partial charge in [0.1, 0.15) is 0 Å². The number of hydrogen-bond acceptors (Lipinski definition) is 5. The predicted octanol–water partition coefficient (Wildman–Crippen LogP) is 2.30. The Morgan fingerprint density at radius 1 is 1.43 bits per heavy atom. The van der Waals surface area contributed by atoms with Crippen molar-refractivity contribution in [3.63, 3.8) is 0 Å². The number of aryl methyl sites for hydroxylation is 1. The predicted molar refractivity (Wildman–Crippen MR) is 94.1 cm³/mol. The number of benzene rings is 1. The summed E-state index contributed by atoms with van der Waals surface area (Å²) in [6, 6.07) is 7.64. The molecule has 1 unspecified atom stereocenters. The minimum absolute atomic E-state index is 0. The number of rotatable bonds is 7. The Hall–Kier alpha value is -1.54. The van der Waals surface area contributed by atoms with Gasteiger partial charge in [-0.2, -0.15) is 0 Å². The van der Waals surface area contributed by atoms with Crippen molar-refractivity contribution >= 4 is 35.8 Å². The first-order valence-corrected chi connectivity index (χ1v) is 7.72. The Labute approximate surface area is 146 Å². The SMILES string of the molecule is COC(CN)CC(=O)Nc1ccc(Sc2nccn2C)cc1.Cl. The number of carbonyl (C=O) groups is 1. The number of nitrogens with zero attached hydrogens (tertiary/aromatic N) is 2. The molecule has 1 atom stereocenters. The van der Waals surface area contributed by atoms with Crippen molar-refractivity contribution in [3.8, 4) is 0 Å². The van der Waals surface area contributed by atoms with Crippen LogP contribution in [0.4, 0.5) is 5.69 Å². The normalized spacial score (nSPS) is 11.6. The highest BCUT2D eigenvalue weighted by Crippen LogP contribution is 2.26. The quantitative estimate of drug-likeness (QED) is 0.795. The van der Waals surface area contributed by atoms with E-state index in [9.17, 15) is 4.79 Å². The van der Waals surface area contributed by atoms with E-state index in [2.05, 4.69) is 10.3 Å². The molecule has 0 aliphatic carbocycles. The summed E-state index contributed by atoms with van der Waals surface area (Å²) in [5.41, 5.74) is 6.26. The largest absolute Gasteiger partial charge is 0.380 e. The third-order valence-corrected chi connectivity index (χ3v) is 4.22. The van der Waals surface area contributed by atoms with Crippen LogP contribution in [0.15, 0.2) is 46.7 Å². The number of anilines is 1. The summed E-state index contributed by atoms with van der Waals surface area (Å²) >= 11 is 1.57. The van der Waals surface area contributed by atoms with Crippen LogP contribution in [0.3, 0.4) is 0 Å². The molecule has 1 heterocycles. The van der Waals surface area contributed by atoms with Crippen molar-refractivity contribution in [1.29, 1.82) is 0 Å². The Kier molecular flexibility index (Phi) is 8.11. The lowest BCUT2D eigenvalue weighted by Gasteiger charge is -2.12. The molecule has 0 saturated carbocycles. The van der Waals surface area contributed by atoms with E-state index in [4.69, 9.17) is 10.5 Å². The molecular weight excluding hydrogens is 336 g/mol. The van der Waals surface area contributed by atoms with Gasteiger partial charge in [0.25, 0.3) is 0 Å². The van der Waals surface area contributed by atoms with E-state index in [-0.39, 0.29) is 30.8 Å². The first kappa shape index (κ1) is 19.5. The van der Waals surface area contributed by atoms with E-state index in [1.165, 1.54) is 0 Å². The van der Waals surface area contributed by atoms with Crippen molar-refractivity contribution in [3.05, 3.63) is 36.7 Å². The van der Waals surface area contributed by atoms with Gasteiger partial charge in [-0.05, 0) is 24.3 Å². The molecule has 0 radical (unpaired) electrons. The first-order valence-electron chi connectivity index (χ1n) is 6.90. The Morgan fingerprint density at radius 2 is 2.13 bits per heavy atom. The van der Waals surface area contributed by atoms with Gasteiger partial charge in [-0.3, -0.25) is 4.79 Å². The highest BCUT2D eigenvalue weighted by Gasteiger charge is 2.11. The molecule has 1 aromatic heterocycles. The van der Waals surface area contributed by atoms with Gasteiger partial charge >= 0.3 is 0 Å². The summed E-state index contributed by atoms with van der Waals surface area (Å²) in [6.07, 6.45) is 3.66. The number of nitrogens with one attached hydrogen (secondary N) is 1. The number of nitrogens with two attached hydrogens (primary N) is 1. The molecule has 0 saturated heterocycles. The summed E-state index contributed by atoms with van der Waals surface area (Å²) in [7, 11) is 3.50. The summed E-state index contributed by atoms with van der Waals surface area (Å²) in [4.78, 5) is 17.2. The molecule has 23 heavy (non-hydrogen) atoms. The number of carbonyl (C=O) groups excluding carboxylic acids is 1. The fraction of sp³-hybridized carbons (Fsp3) is 0.333. The highest BCUT2D eigenvalue weighted by molar-refractivity contribution is 7.99. The molecule has 2 rings (SSSR count). The van der Waals surface area contributed by atoms with Crippen LogP contribution in [0, 0.1) is 0 Å². The van der Waals surface area contributed by atoms with E-state index < -0.39 is 0 Å². The fourth-order valence-corrected chi connectivity index (χ4v) is 2.65. The van der Waals surface area contributed by atoms with Crippen LogP contribution in [0.5, 0.6) is 0 Å². The van der Waals surface area contributed by atoms with E-state index in [0.717, 1.165) is 15.7 Å². The standard InChI is InChI=1S/C15H20N4O2S.ClH/c1-19-8-7-17-15(19)22-13-5-3-11(4-6-13)18-14(20)9-12(10-16)21-2;/h3-8,12H,9-10,16H2,1-2H3,(H,18,20);1H. The molecule has 8 heteroatoms. The molecule has 6 nitrogen and oxygen atoms in total. The lowest BCUT2D eigenvalue weighted by molar-refractivity contribution is -0.118. The average Bonchev–Trinajstić information content (AvgIpc) is 2.92. The van der Waals surface area contributed by atoms with Gasteiger partial charge in [0, 0.05) is 43.7 Å². The maximum Gasteiger partial charge on any atom is 0.227 e. The second-order valence-electron chi connectivity index (χ2n) is 4.79.